The highest BCUT2D eigenvalue weighted by molar-refractivity contribution is 7.89. The van der Waals surface area contributed by atoms with Crippen molar-refractivity contribution in [3.05, 3.63) is 45.7 Å². The molecule has 1 aromatic carbocycles. The number of rotatable bonds is 5. The Morgan fingerprint density at radius 3 is 2.81 bits per heavy atom. The monoisotopic (exact) mass is 345 g/mol. The van der Waals surface area contributed by atoms with Crippen molar-refractivity contribution in [1.29, 1.82) is 0 Å². The van der Waals surface area contributed by atoms with Gasteiger partial charge in [0.25, 0.3) is 0 Å². The van der Waals surface area contributed by atoms with Gasteiger partial charge in [-0.15, -0.1) is 11.3 Å². The number of nitrogens with zero attached hydrogens (tertiary/aromatic N) is 1. The van der Waals surface area contributed by atoms with Crippen LogP contribution in [-0.2, 0) is 16.6 Å². The predicted octanol–water partition coefficient (Wildman–Crippen LogP) is 1.70. The third-order valence-electron chi connectivity index (χ3n) is 2.62. The number of nitrogens with two attached hydrogens (primary N) is 1. The summed E-state index contributed by atoms with van der Waals surface area (Å²) < 4.78 is 40.2. The molecule has 0 unspecified atom stereocenters. The highest BCUT2D eigenvalue weighted by Crippen LogP contribution is 2.16. The van der Waals surface area contributed by atoms with Gasteiger partial charge in [-0.2, -0.15) is 0 Å². The molecule has 2 rings (SSSR count). The zero-order chi connectivity index (χ0) is 15.6. The van der Waals surface area contributed by atoms with Gasteiger partial charge in [0.15, 0.2) is 0 Å². The van der Waals surface area contributed by atoms with Crippen molar-refractivity contribution in [1.82, 2.24) is 9.71 Å². The van der Waals surface area contributed by atoms with Crippen LogP contribution < -0.4 is 10.5 Å². The molecule has 112 valence electrons. The van der Waals surface area contributed by atoms with E-state index in [-0.39, 0.29) is 22.0 Å². The van der Waals surface area contributed by atoms with Crippen molar-refractivity contribution in [2.75, 3.05) is 0 Å². The first-order chi connectivity index (χ1) is 9.79. The van der Waals surface area contributed by atoms with Crippen LogP contribution in [0.2, 0.25) is 0 Å². The number of aromatic nitrogens is 1. The molecule has 0 atom stereocenters. The topological polar surface area (TPSA) is 85.1 Å². The number of benzene rings is 1. The Morgan fingerprint density at radius 1 is 1.52 bits per heavy atom. The fraction of sp³-hybridized carbons (Fsp3) is 0.167. The molecule has 0 fully saturated rings. The third-order valence-corrected chi connectivity index (χ3v) is 5.06. The largest absolute Gasteiger partial charge is 0.389 e. The fourth-order valence-corrected chi connectivity index (χ4v) is 3.40. The highest BCUT2D eigenvalue weighted by Gasteiger charge is 2.17. The van der Waals surface area contributed by atoms with Crippen LogP contribution in [0.3, 0.4) is 0 Å². The Bertz CT molecular complexity index is 787. The molecule has 0 saturated carbocycles. The lowest BCUT2D eigenvalue weighted by Gasteiger charge is -2.08. The smallest absolute Gasteiger partial charge is 0.240 e. The number of aryl methyl sites for hydroxylation is 1. The van der Waals surface area contributed by atoms with E-state index in [4.69, 9.17) is 5.73 Å². The van der Waals surface area contributed by atoms with Gasteiger partial charge in [0.1, 0.15) is 10.8 Å². The quantitative estimate of drug-likeness (QED) is 0.806. The highest BCUT2D eigenvalue weighted by atomic mass is 32.2. The number of sulfonamides is 1. The second-order valence-corrected chi connectivity index (χ2v) is 7.46. The summed E-state index contributed by atoms with van der Waals surface area (Å²) in [6.07, 6.45) is 0. The molecule has 5 nitrogen and oxygen atoms in total. The maximum Gasteiger partial charge on any atom is 0.240 e. The van der Waals surface area contributed by atoms with Crippen LogP contribution in [0, 0.1) is 12.7 Å². The van der Waals surface area contributed by atoms with Crippen LogP contribution in [0.4, 0.5) is 4.39 Å². The summed E-state index contributed by atoms with van der Waals surface area (Å²) in [4.78, 5) is 3.86. The molecule has 0 spiro atoms. The number of hydrogen-bond acceptors (Lipinski definition) is 5. The Hall–Kier alpha value is -1.42. The molecule has 0 aliphatic heterocycles. The van der Waals surface area contributed by atoms with E-state index in [9.17, 15) is 12.8 Å². The van der Waals surface area contributed by atoms with E-state index in [1.54, 1.807) is 5.38 Å². The van der Waals surface area contributed by atoms with Gasteiger partial charge >= 0.3 is 0 Å². The van der Waals surface area contributed by atoms with Gasteiger partial charge in [-0.3, -0.25) is 0 Å². The van der Waals surface area contributed by atoms with Gasteiger partial charge in [-0.1, -0.05) is 12.2 Å². The number of thiazole rings is 1. The number of hydrogen-bond donors (Lipinski definition) is 2. The summed E-state index contributed by atoms with van der Waals surface area (Å²) in [5.74, 6) is -0.656. The van der Waals surface area contributed by atoms with E-state index in [2.05, 4.69) is 21.9 Å². The second-order valence-electron chi connectivity index (χ2n) is 4.19. The summed E-state index contributed by atoms with van der Waals surface area (Å²) in [5.41, 5.74) is 5.89. The van der Waals surface area contributed by atoms with E-state index in [1.165, 1.54) is 11.3 Å². The molecule has 0 saturated heterocycles. The minimum atomic E-state index is -3.79. The van der Waals surface area contributed by atoms with E-state index in [0.717, 1.165) is 23.2 Å². The normalized spacial score (nSPS) is 11.5. The first kappa shape index (κ1) is 16.0. The fourth-order valence-electron chi connectivity index (χ4n) is 1.60. The SMILES string of the molecule is Cc1nc(CNS(=O)(=O)c2ccc(F)c(C(N)=S)c2)cs1. The molecule has 21 heavy (non-hydrogen) atoms. The van der Waals surface area contributed by atoms with Gasteiger partial charge in [0, 0.05) is 10.9 Å². The molecule has 0 aliphatic carbocycles. The summed E-state index contributed by atoms with van der Waals surface area (Å²) in [6, 6.07) is 3.30. The average molecular weight is 345 g/mol. The zero-order valence-electron chi connectivity index (χ0n) is 11.0. The lowest BCUT2D eigenvalue weighted by Crippen LogP contribution is -2.24. The Morgan fingerprint density at radius 2 is 2.24 bits per heavy atom. The maximum absolute atomic E-state index is 13.5. The molecule has 0 radical (unpaired) electrons. The molecule has 1 aromatic heterocycles. The van der Waals surface area contributed by atoms with Gasteiger partial charge in [0.2, 0.25) is 10.0 Å². The van der Waals surface area contributed by atoms with E-state index in [0.29, 0.717) is 5.69 Å². The van der Waals surface area contributed by atoms with Gasteiger partial charge in [-0.05, 0) is 25.1 Å². The van der Waals surface area contributed by atoms with Gasteiger partial charge in [0.05, 0.1) is 22.1 Å². The lowest BCUT2D eigenvalue weighted by molar-refractivity contribution is 0.579. The predicted molar refractivity (Wildman–Crippen MR) is 83.2 cm³/mol. The second kappa shape index (κ2) is 6.14. The van der Waals surface area contributed by atoms with E-state index in [1.807, 2.05) is 6.92 Å². The first-order valence-corrected chi connectivity index (χ1v) is 8.57. The van der Waals surface area contributed by atoms with Crippen LogP contribution in [0.5, 0.6) is 0 Å². The number of halogens is 1. The van der Waals surface area contributed by atoms with Gasteiger partial charge < -0.3 is 5.73 Å². The zero-order valence-corrected chi connectivity index (χ0v) is 13.4. The van der Waals surface area contributed by atoms with Crippen LogP contribution in [-0.4, -0.2) is 18.4 Å². The van der Waals surface area contributed by atoms with Crippen LogP contribution in [0.15, 0.2) is 28.5 Å². The molecule has 0 amide bonds. The van der Waals surface area contributed by atoms with E-state index < -0.39 is 15.8 Å². The van der Waals surface area contributed by atoms with Crippen molar-refractivity contribution in [3.63, 3.8) is 0 Å². The van der Waals surface area contributed by atoms with E-state index >= 15 is 0 Å². The molecular formula is C12H12FN3O2S3. The van der Waals surface area contributed by atoms with Crippen molar-refractivity contribution in [2.45, 2.75) is 18.4 Å². The van der Waals surface area contributed by atoms with Crippen molar-refractivity contribution < 1.29 is 12.8 Å². The average Bonchev–Trinajstić information content (AvgIpc) is 2.82. The van der Waals surface area contributed by atoms with Crippen LogP contribution in [0.25, 0.3) is 0 Å². The number of thiocarbonyl (C=S) groups is 1. The summed E-state index contributed by atoms with van der Waals surface area (Å²) in [7, 11) is -3.79. The minimum Gasteiger partial charge on any atom is -0.389 e. The molecular weight excluding hydrogens is 333 g/mol. The maximum atomic E-state index is 13.5. The summed E-state index contributed by atoms with van der Waals surface area (Å²) in [5, 5.41) is 2.62. The van der Waals surface area contributed by atoms with Crippen LogP contribution >= 0.6 is 23.6 Å². The van der Waals surface area contributed by atoms with Crippen molar-refractivity contribution >= 4 is 38.6 Å². The molecule has 1 heterocycles. The number of nitrogens with one attached hydrogen (secondary N) is 1. The standard InChI is InChI=1S/C12H12FN3O2S3/c1-7-16-8(6-20-7)5-15-21(17,18)9-2-3-11(13)10(4-9)12(14)19/h2-4,6,15H,5H2,1H3,(H2,14,19). The summed E-state index contributed by atoms with van der Waals surface area (Å²) >= 11 is 6.12. The Kier molecular flexibility index (Phi) is 4.67. The molecule has 2 aromatic rings. The Balaban J connectivity index is 2.23. The first-order valence-electron chi connectivity index (χ1n) is 5.79. The molecule has 0 bridgehead atoms. The van der Waals surface area contributed by atoms with Crippen molar-refractivity contribution in [3.8, 4) is 0 Å². The summed E-state index contributed by atoms with van der Waals surface area (Å²) in [6.45, 7) is 1.89. The Labute approximate surface area is 131 Å². The molecule has 9 heteroatoms. The third kappa shape index (κ3) is 3.82. The molecule has 0 aliphatic rings. The van der Waals surface area contributed by atoms with Crippen LogP contribution in [0.1, 0.15) is 16.3 Å². The minimum absolute atomic E-state index is 0.0620. The van der Waals surface area contributed by atoms with Crippen molar-refractivity contribution in [2.24, 2.45) is 5.73 Å². The van der Waals surface area contributed by atoms with Gasteiger partial charge in [-0.25, -0.2) is 22.5 Å². The lowest BCUT2D eigenvalue weighted by atomic mass is 10.2. The molecule has 3 N–H and O–H groups in total.